The summed E-state index contributed by atoms with van der Waals surface area (Å²) >= 11 is 0. The van der Waals surface area contributed by atoms with Gasteiger partial charge in [0, 0.05) is 11.6 Å². The first kappa shape index (κ1) is 24.0. The molecule has 0 saturated carbocycles. The smallest absolute Gasteiger partial charge is 0.287 e. The number of rotatable bonds is 7. The van der Waals surface area contributed by atoms with Crippen LogP contribution in [0.4, 0.5) is 11.4 Å². The zero-order valence-electron chi connectivity index (χ0n) is 18.8. The quantitative estimate of drug-likeness (QED) is 0.114. The van der Waals surface area contributed by atoms with Gasteiger partial charge in [0.25, 0.3) is 5.69 Å². The van der Waals surface area contributed by atoms with Gasteiger partial charge in [0.2, 0.25) is 11.9 Å². The van der Waals surface area contributed by atoms with Gasteiger partial charge in [0.15, 0.2) is 11.5 Å². The number of ether oxygens (including phenoxy) is 4. The van der Waals surface area contributed by atoms with Crippen molar-refractivity contribution < 1.29 is 33.5 Å². The molecule has 0 N–H and O–H groups in total. The first-order chi connectivity index (χ1) is 16.2. The molecule has 0 aromatic heterocycles. The molecule has 2 aromatic carbocycles. The molecule has 34 heavy (non-hydrogen) atoms. The summed E-state index contributed by atoms with van der Waals surface area (Å²) in [5.41, 5.74) is -1.74. The van der Waals surface area contributed by atoms with E-state index in [1.807, 2.05) is 0 Å². The van der Waals surface area contributed by atoms with Crippen LogP contribution in [0.3, 0.4) is 0 Å². The van der Waals surface area contributed by atoms with Gasteiger partial charge >= 0.3 is 0 Å². The van der Waals surface area contributed by atoms with E-state index in [0.717, 1.165) is 6.07 Å². The normalized spacial score (nSPS) is 12.7. The predicted octanol–water partition coefficient (Wildman–Crippen LogP) is 4.03. The van der Waals surface area contributed by atoms with Crippen molar-refractivity contribution in [1.29, 1.82) is 0 Å². The maximum Gasteiger partial charge on any atom is 0.287 e. The van der Waals surface area contributed by atoms with Crippen LogP contribution in [0.1, 0.15) is 29.8 Å². The standard InChI is InChI=1S/C24H20N2O8/c1-24(2)10-9-16-20(34-24)13-17(26(29)30)22(23(16)25-14-27)18(28)6-5-11-33-15-7-8-19(31-3)21(12-15)32-4/h7-10,12-13H,11H2,1-4H3. The Labute approximate surface area is 194 Å². The Morgan fingerprint density at radius 3 is 2.59 bits per heavy atom. The molecule has 0 bridgehead atoms. The van der Waals surface area contributed by atoms with E-state index in [2.05, 4.69) is 16.8 Å². The number of hydrogen-bond acceptors (Lipinski definition) is 9. The molecule has 0 saturated heterocycles. The third-order valence-corrected chi connectivity index (χ3v) is 4.75. The number of methoxy groups -OCH3 is 2. The number of ketones is 1. The molecule has 0 aliphatic carbocycles. The lowest BCUT2D eigenvalue weighted by molar-refractivity contribution is -0.385. The molecule has 0 fully saturated rings. The maximum absolute atomic E-state index is 12.8. The van der Waals surface area contributed by atoms with Crippen LogP contribution in [0.2, 0.25) is 0 Å². The summed E-state index contributed by atoms with van der Waals surface area (Å²) in [6.45, 7) is 3.32. The summed E-state index contributed by atoms with van der Waals surface area (Å²) in [6, 6.07) is 5.98. The van der Waals surface area contributed by atoms with Gasteiger partial charge < -0.3 is 18.9 Å². The van der Waals surface area contributed by atoms with Crippen molar-refractivity contribution >= 4 is 29.3 Å². The number of hydrogen-bond donors (Lipinski definition) is 0. The Hall–Kier alpha value is -4.61. The second-order valence-electron chi connectivity index (χ2n) is 7.47. The zero-order valence-corrected chi connectivity index (χ0v) is 18.8. The van der Waals surface area contributed by atoms with Crippen molar-refractivity contribution in [3.63, 3.8) is 0 Å². The van der Waals surface area contributed by atoms with Crippen LogP contribution in [-0.2, 0) is 4.79 Å². The lowest BCUT2D eigenvalue weighted by atomic mass is 9.96. The molecule has 0 spiro atoms. The van der Waals surface area contributed by atoms with Gasteiger partial charge in [0.05, 0.1) is 25.2 Å². The van der Waals surface area contributed by atoms with E-state index in [4.69, 9.17) is 18.9 Å². The number of nitrogens with zero attached hydrogens (tertiary/aromatic N) is 2. The largest absolute Gasteiger partial charge is 0.493 e. The SMILES string of the molecule is COc1ccc(OCC#CC(=O)c2c([N+](=O)[O-])cc3c(c2N=C=O)C=CC(C)(C)O3)cc1OC. The van der Waals surface area contributed by atoms with E-state index in [-0.39, 0.29) is 23.6 Å². The fraction of sp³-hybridized carbons (Fsp3) is 0.250. The van der Waals surface area contributed by atoms with Crippen molar-refractivity contribution in [3.8, 4) is 34.8 Å². The van der Waals surface area contributed by atoms with Gasteiger partial charge in [-0.15, -0.1) is 0 Å². The van der Waals surface area contributed by atoms with Gasteiger partial charge in [-0.3, -0.25) is 14.9 Å². The van der Waals surface area contributed by atoms with Crippen molar-refractivity contribution in [2.45, 2.75) is 19.4 Å². The van der Waals surface area contributed by atoms with Crippen LogP contribution < -0.4 is 18.9 Å². The molecule has 0 radical (unpaired) electrons. The van der Waals surface area contributed by atoms with Crippen molar-refractivity contribution in [3.05, 3.63) is 51.6 Å². The molecule has 1 heterocycles. The van der Waals surface area contributed by atoms with Crippen molar-refractivity contribution in [2.75, 3.05) is 20.8 Å². The summed E-state index contributed by atoms with van der Waals surface area (Å²) < 4.78 is 21.6. The van der Waals surface area contributed by atoms with E-state index < -0.39 is 27.6 Å². The van der Waals surface area contributed by atoms with Crippen molar-refractivity contribution in [1.82, 2.24) is 0 Å². The minimum absolute atomic E-state index is 0.120. The summed E-state index contributed by atoms with van der Waals surface area (Å²) in [5, 5.41) is 11.7. The summed E-state index contributed by atoms with van der Waals surface area (Å²) in [5.74, 6) is 5.42. The number of isocyanates is 1. The number of nitro benzene ring substituents is 1. The zero-order chi connectivity index (χ0) is 24.9. The first-order valence-electron chi connectivity index (χ1n) is 9.90. The first-order valence-corrected chi connectivity index (χ1v) is 9.90. The summed E-state index contributed by atoms with van der Waals surface area (Å²) in [6.07, 6.45) is 4.61. The highest BCUT2D eigenvalue weighted by Gasteiger charge is 2.32. The molecule has 0 unspecified atom stereocenters. The minimum atomic E-state index is -0.905. The molecular weight excluding hydrogens is 444 g/mol. The second kappa shape index (κ2) is 9.90. The molecule has 10 heteroatoms. The number of nitro groups is 1. The van der Waals surface area contributed by atoms with Gasteiger partial charge in [-0.25, -0.2) is 4.79 Å². The molecule has 3 rings (SSSR count). The van der Waals surface area contributed by atoms with E-state index >= 15 is 0 Å². The molecule has 0 atom stereocenters. The lowest BCUT2D eigenvalue weighted by Crippen LogP contribution is -2.27. The van der Waals surface area contributed by atoms with E-state index in [1.165, 1.54) is 20.3 Å². The van der Waals surface area contributed by atoms with Gasteiger partial charge in [0.1, 0.15) is 35.0 Å². The number of benzene rings is 2. The number of Topliss-reactive ketones (excluding diaryl/α,β-unsaturated/α-hetero) is 1. The highest BCUT2D eigenvalue weighted by atomic mass is 16.6. The number of carbonyl (C=O) groups excluding carboxylic acids is 2. The lowest BCUT2D eigenvalue weighted by Gasteiger charge is -2.28. The number of aliphatic imine (C=N–C) groups is 1. The van der Waals surface area contributed by atoms with Crippen LogP contribution >= 0.6 is 0 Å². The topological polar surface area (TPSA) is 127 Å². The predicted molar refractivity (Wildman–Crippen MR) is 122 cm³/mol. The van der Waals surface area contributed by atoms with Crippen LogP contribution in [-0.4, -0.2) is 43.2 Å². The fourth-order valence-electron chi connectivity index (χ4n) is 3.23. The minimum Gasteiger partial charge on any atom is -0.493 e. The maximum atomic E-state index is 12.8. The average Bonchev–Trinajstić information content (AvgIpc) is 2.80. The molecule has 1 aliphatic heterocycles. The Bertz CT molecular complexity index is 1290. The monoisotopic (exact) mass is 464 g/mol. The Morgan fingerprint density at radius 2 is 1.94 bits per heavy atom. The number of carbonyl (C=O) groups is 1. The average molecular weight is 464 g/mol. The van der Waals surface area contributed by atoms with E-state index in [1.54, 1.807) is 44.2 Å². The van der Waals surface area contributed by atoms with Gasteiger partial charge in [-0.1, -0.05) is 5.92 Å². The second-order valence-corrected chi connectivity index (χ2v) is 7.47. The van der Waals surface area contributed by atoms with Gasteiger partial charge in [-0.2, -0.15) is 4.99 Å². The Morgan fingerprint density at radius 1 is 1.21 bits per heavy atom. The molecule has 10 nitrogen and oxygen atoms in total. The molecule has 1 aliphatic rings. The van der Waals surface area contributed by atoms with E-state index in [9.17, 15) is 19.7 Å². The van der Waals surface area contributed by atoms with Gasteiger partial charge in [-0.05, 0) is 44.1 Å². The third-order valence-electron chi connectivity index (χ3n) is 4.75. The Kier molecular flexibility index (Phi) is 7.00. The molecule has 0 amide bonds. The Balaban J connectivity index is 1.93. The fourth-order valence-corrected chi connectivity index (χ4v) is 3.23. The summed E-state index contributed by atoms with van der Waals surface area (Å²) in [4.78, 5) is 38.4. The summed E-state index contributed by atoms with van der Waals surface area (Å²) in [7, 11) is 2.98. The van der Waals surface area contributed by atoms with Crippen LogP contribution in [0.25, 0.3) is 6.08 Å². The van der Waals surface area contributed by atoms with Crippen LogP contribution in [0.15, 0.2) is 35.3 Å². The van der Waals surface area contributed by atoms with E-state index in [0.29, 0.717) is 17.2 Å². The van der Waals surface area contributed by atoms with Crippen LogP contribution in [0.5, 0.6) is 23.0 Å². The third kappa shape index (κ3) is 5.06. The van der Waals surface area contributed by atoms with Crippen LogP contribution in [0, 0.1) is 22.0 Å². The number of fused-ring (bicyclic) bond motifs is 1. The molecule has 2 aromatic rings. The molecular formula is C24H20N2O8. The molecule has 174 valence electrons. The highest BCUT2D eigenvalue weighted by molar-refractivity contribution is 6.16. The van der Waals surface area contributed by atoms with Crippen molar-refractivity contribution in [2.24, 2.45) is 4.99 Å². The highest BCUT2D eigenvalue weighted by Crippen LogP contribution is 2.43.